The molecule has 2 aromatic rings. The summed E-state index contributed by atoms with van der Waals surface area (Å²) in [5.41, 5.74) is 5.66. The van der Waals surface area contributed by atoms with Gasteiger partial charge in [-0.3, -0.25) is 4.79 Å². The predicted molar refractivity (Wildman–Crippen MR) is 99.2 cm³/mol. The molecule has 3 rings (SSSR count). The lowest BCUT2D eigenvalue weighted by Gasteiger charge is -2.30. The van der Waals surface area contributed by atoms with E-state index in [1.165, 1.54) is 11.8 Å². The van der Waals surface area contributed by atoms with Gasteiger partial charge >= 0.3 is 0 Å². The zero-order valence-corrected chi connectivity index (χ0v) is 14.5. The normalized spacial score (nSPS) is 13.8. The van der Waals surface area contributed by atoms with Crippen LogP contribution in [0.2, 0.25) is 10.0 Å². The number of rotatable bonds is 4. The van der Waals surface area contributed by atoms with Crippen molar-refractivity contribution in [3.8, 4) is 0 Å². The number of fused-ring (bicyclic) bond motifs is 1. The minimum atomic E-state index is -0.159. The molecule has 0 saturated heterocycles. The van der Waals surface area contributed by atoms with Gasteiger partial charge in [-0.15, -0.1) is 0 Å². The number of para-hydroxylation sites is 1. The lowest BCUT2D eigenvalue weighted by molar-refractivity contribution is -0.119. The summed E-state index contributed by atoms with van der Waals surface area (Å²) in [6.45, 7) is 1.15. The molecule has 1 aliphatic heterocycles. The summed E-state index contributed by atoms with van der Waals surface area (Å²) in [6.07, 6.45) is 3.62. The van der Waals surface area contributed by atoms with Gasteiger partial charge in [0.15, 0.2) is 0 Å². The van der Waals surface area contributed by atoms with Crippen molar-refractivity contribution < 1.29 is 4.79 Å². The number of nitrogens with zero attached hydrogens (tertiary/aromatic N) is 2. The van der Waals surface area contributed by atoms with Gasteiger partial charge in [-0.25, -0.2) is 5.43 Å². The van der Waals surface area contributed by atoms with E-state index in [0.29, 0.717) is 15.6 Å². The number of carbonyl (C=O) groups excluding carboxylic acids is 1. The Morgan fingerprint density at radius 3 is 2.92 bits per heavy atom. The van der Waals surface area contributed by atoms with E-state index in [2.05, 4.69) is 27.6 Å². The molecular formula is C18H17Cl2N3O. The topological polar surface area (TPSA) is 44.7 Å². The number of hydrogen-bond donors (Lipinski definition) is 1. The van der Waals surface area contributed by atoms with Crippen LogP contribution in [0.1, 0.15) is 17.5 Å². The number of nitrogens with one attached hydrogen (secondary N) is 1. The molecule has 1 aliphatic rings. The third kappa shape index (κ3) is 4.08. The molecule has 0 aliphatic carbocycles. The highest BCUT2D eigenvalue weighted by molar-refractivity contribution is 6.36. The monoisotopic (exact) mass is 361 g/mol. The number of aryl methyl sites for hydroxylation is 1. The fourth-order valence-electron chi connectivity index (χ4n) is 2.76. The standard InChI is InChI=1S/C18H17Cl2N3O/c19-15-8-7-14(16(20)10-15)11-21-22-18(24)12-23-9-3-5-13-4-1-2-6-17(13)23/h1-2,4,6-8,10-11H,3,5,9,12H2,(H,22,24)/b21-11-. The third-order valence-corrected chi connectivity index (χ3v) is 4.46. The van der Waals surface area contributed by atoms with E-state index in [0.717, 1.165) is 25.1 Å². The second-order valence-corrected chi connectivity index (χ2v) is 6.46. The number of amides is 1. The lowest BCUT2D eigenvalue weighted by Crippen LogP contribution is -2.38. The molecule has 0 radical (unpaired) electrons. The Bertz CT molecular complexity index is 777. The molecule has 2 aromatic carbocycles. The molecule has 0 bridgehead atoms. The molecule has 1 heterocycles. The van der Waals surface area contributed by atoms with Crippen molar-refractivity contribution in [3.05, 3.63) is 63.6 Å². The largest absolute Gasteiger partial charge is 0.362 e. The van der Waals surface area contributed by atoms with Crippen LogP contribution >= 0.6 is 23.2 Å². The Hall–Kier alpha value is -2.04. The quantitative estimate of drug-likeness (QED) is 0.662. The van der Waals surface area contributed by atoms with Crippen LogP contribution in [-0.2, 0) is 11.2 Å². The van der Waals surface area contributed by atoms with E-state index in [4.69, 9.17) is 23.2 Å². The van der Waals surface area contributed by atoms with Crippen molar-refractivity contribution in [1.29, 1.82) is 0 Å². The number of anilines is 1. The van der Waals surface area contributed by atoms with Crippen molar-refractivity contribution in [2.45, 2.75) is 12.8 Å². The van der Waals surface area contributed by atoms with Gasteiger partial charge in [-0.2, -0.15) is 5.10 Å². The van der Waals surface area contributed by atoms with Crippen LogP contribution in [0.3, 0.4) is 0 Å². The Kier molecular flexibility index (Phi) is 5.38. The molecule has 124 valence electrons. The lowest BCUT2D eigenvalue weighted by atomic mass is 10.0. The molecular weight excluding hydrogens is 345 g/mol. The predicted octanol–water partition coefficient (Wildman–Crippen LogP) is 3.90. The van der Waals surface area contributed by atoms with Gasteiger partial charge in [0.25, 0.3) is 5.91 Å². The number of hydrogen-bond acceptors (Lipinski definition) is 3. The minimum absolute atomic E-state index is 0.159. The van der Waals surface area contributed by atoms with Gasteiger partial charge in [0, 0.05) is 22.8 Å². The average molecular weight is 362 g/mol. The van der Waals surface area contributed by atoms with E-state index in [9.17, 15) is 4.79 Å². The number of hydrazone groups is 1. The summed E-state index contributed by atoms with van der Waals surface area (Å²) < 4.78 is 0. The minimum Gasteiger partial charge on any atom is -0.362 e. The van der Waals surface area contributed by atoms with Gasteiger partial charge in [0.2, 0.25) is 0 Å². The molecule has 24 heavy (non-hydrogen) atoms. The first-order valence-corrected chi connectivity index (χ1v) is 8.49. The Balaban J connectivity index is 1.59. The van der Waals surface area contributed by atoms with Crippen molar-refractivity contribution >= 4 is 41.0 Å². The highest BCUT2D eigenvalue weighted by Gasteiger charge is 2.18. The second kappa shape index (κ2) is 7.69. The summed E-state index contributed by atoms with van der Waals surface area (Å²) in [7, 11) is 0. The molecule has 0 fully saturated rings. The van der Waals surface area contributed by atoms with Gasteiger partial charge in [-0.1, -0.05) is 47.5 Å². The van der Waals surface area contributed by atoms with Gasteiger partial charge < -0.3 is 4.90 Å². The molecule has 1 N–H and O–H groups in total. The molecule has 0 spiro atoms. The SMILES string of the molecule is O=C(CN1CCCc2ccccc21)N/N=C\c1ccc(Cl)cc1Cl. The summed E-state index contributed by atoms with van der Waals surface area (Å²) in [5, 5.41) is 5.03. The van der Waals surface area contributed by atoms with Crippen LogP contribution < -0.4 is 10.3 Å². The van der Waals surface area contributed by atoms with E-state index in [1.807, 2.05) is 12.1 Å². The van der Waals surface area contributed by atoms with Crippen LogP contribution in [0.4, 0.5) is 5.69 Å². The van der Waals surface area contributed by atoms with Crippen LogP contribution in [-0.4, -0.2) is 25.2 Å². The fourth-order valence-corrected chi connectivity index (χ4v) is 3.22. The fraction of sp³-hybridized carbons (Fsp3) is 0.222. The smallest absolute Gasteiger partial charge is 0.259 e. The van der Waals surface area contributed by atoms with Crippen LogP contribution in [0.25, 0.3) is 0 Å². The van der Waals surface area contributed by atoms with E-state index < -0.39 is 0 Å². The van der Waals surface area contributed by atoms with Gasteiger partial charge in [0.05, 0.1) is 17.8 Å². The maximum atomic E-state index is 12.1. The van der Waals surface area contributed by atoms with E-state index >= 15 is 0 Å². The van der Waals surface area contributed by atoms with Crippen molar-refractivity contribution in [3.63, 3.8) is 0 Å². The number of carbonyl (C=O) groups is 1. The highest BCUT2D eigenvalue weighted by Crippen LogP contribution is 2.26. The maximum Gasteiger partial charge on any atom is 0.259 e. The zero-order valence-electron chi connectivity index (χ0n) is 13.0. The summed E-state index contributed by atoms with van der Waals surface area (Å²) in [6, 6.07) is 13.3. The molecule has 0 saturated carbocycles. The summed E-state index contributed by atoms with van der Waals surface area (Å²) in [5.74, 6) is -0.159. The highest BCUT2D eigenvalue weighted by atomic mass is 35.5. The van der Waals surface area contributed by atoms with Gasteiger partial charge in [0.1, 0.15) is 0 Å². The van der Waals surface area contributed by atoms with Crippen molar-refractivity contribution in [2.75, 3.05) is 18.0 Å². The molecule has 4 nitrogen and oxygen atoms in total. The van der Waals surface area contributed by atoms with E-state index in [1.54, 1.807) is 18.2 Å². The first kappa shape index (κ1) is 16.8. The van der Waals surface area contributed by atoms with Gasteiger partial charge in [-0.05, 0) is 36.6 Å². The number of halogens is 2. The van der Waals surface area contributed by atoms with E-state index in [-0.39, 0.29) is 12.5 Å². The van der Waals surface area contributed by atoms with Crippen LogP contribution in [0, 0.1) is 0 Å². The molecule has 1 amide bonds. The average Bonchev–Trinajstić information content (AvgIpc) is 2.57. The first-order chi connectivity index (χ1) is 11.6. The molecule has 6 heteroatoms. The Morgan fingerprint density at radius 1 is 1.25 bits per heavy atom. The third-order valence-electron chi connectivity index (χ3n) is 3.90. The van der Waals surface area contributed by atoms with Crippen LogP contribution in [0.15, 0.2) is 47.6 Å². The van der Waals surface area contributed by atoms with Crippen LogP contribution in [0.5, 0.6) is 0 Å². The maximum absolute atomic E-state index is 12.1. The zero-order chi connectivity index (χ0) is 16.9. The van der Waals surface area contributed by atoms with Crippen molar-refractivity contribution in [1.82, 2.24) is 5.43 Å². The Labute approximate surface area is 151 Å². The Morgan fingerprint density at radius 2 is 2.08 bits per heavy atom. The second-order valence-electron chi connectivity index (χ2n) is 5.61. The summed E-state index contributed by atoms with van der Waals surface area (Å²) >= 11 is 11.9. The summed E-state index contributed by atoms with van der Waals surface area (Å²) in [4.78, 5) is 14.2. The molecule has 0 unspecified atom stereocenters. The molecule has 0 atom stereocenters. The molecule has 0 aromatic heterocycles. The first-order valence-electron chi connectivity index (χ1n) is 7.73. The number of benzene rings is 2. The van der Waals surface area contributed by atoms with Crippen molar-refractivity contribution in [2.24, 2.45) is 5.10 Å².